The maximum Gasteiger partial charge on any atom is 0.337 e. The fourth-order valence-corrected chi connectivity index (χ4v) is 2.16. The predicted molar refractivity (Wildman–Crippen MR) is 95.7 cm³/mol. The number of esters is 1. The Balaban J connectivity index is 0.000000197. The van der Waals surface area contributed by atoms with Crippen molar-refractivity contribution in [3.63, 3.8) is 0 Å². The van der Waals surface area contributed by atoms with Crippen LogP contribution in [0, 0.1) is 5.92 Å². The lowest BCUT2D eigenvalue weighted by Crippen LogP contribution is -1.99. The summed E-state index contributed by atoms with van der Waals surface area (Å²) in [5.41, 5.74) is 0.731. The van der Waals surface area contributed by atoms with Crippen molar-refractivity contribution in [3.05, 3.63) is 59.7 Å². The van der Waals surface area contributed by atoms with E-state index in [2.05, 4.69) is 4.74 Å². The number of aromatic carboxylic acids is 1. The molecule has 0 spiro atoms. The Morgan fingerprint density at radius 1 is 1.00 bits per heavy atom. The van der Waals surface area contributed by atoms with E-state index in [9.17, 15) is 9.59 Å². The lowest BCUT2D eigenvalue weighted by Gasteiger charge is -2.05. The number of ether oxygens (including phenoxy) is 2. The van der Waals surface area contributed by atoms with Crippen LogP contribution in [0.4, 0.5) is 0 Å². The third-order valence-electron chi connectivity index (χ3n) is 3.88. The van der Waals surface area contributed by atoms with Crippen molar-refractivity contribution in [2.45, 2.75) is 19.3 Å². The number of carboxylic acids is 1. The second-order valence-electron chi connectivity index (χ2n) is 5.95. The SMILES string of the molecule is COC(=O)c1ccc(O)cc1.O=C(O)c1ccc(OCCC2CC2)cc1. The number of methoxy groups -OCH3 is 1. The maximum absolute atomic E-state index is 10.8. The molecule has 0 unspecified atom stereocenters. The van der Waals surface area contributed by atoms with Crippen LogP contribution in [0.3, 0.4) is 0 Å². The first-order valence-corrected chi connectivity index (χ1v) is 8.33. The fraction of sp³-hybridized carbons (Fsp3) is 0.300. The van der Waals surface area contributed by atoms with Crippen LogP contribution in [0.1, 0.15) is 40.0 Å². The number of hydrogen-bond donors (Lipinski definition) is 2. The van der Waals surface area contributed by atoms with Crippen LogP contribution in [0.5, 0.6) is 11.5 Å². The van der Waals surface area contributed by atoms with Crippen LogP contribution in [0.2, 0.25) is 0 Å². The summed E-state index contributed by atoms with van der Waals surface area (Å²) in [4.78, 5) is 21.4. The Morgan fingerprint density at radius 3 is 2.08 bits per heavy atom. The minimum absolute atomic E-state index is 0.137. The highest BCUT2D eigenvalue weighted by molar-refractivity contribution is 5.89. The summed E-state index contributed by atoms with van der Waals surface area (Å²) in [5, 5.41) is 17.6. The van der Waals surface area contributed by atoms with Crippen molar-refractivity contribution in [1.82, 2.24) is 0 Å². The van der Waals surface area contributed by atoms with E-state index in [1.54, 1.807) is 24.3 Å². The highest BCUT2D eigenvalue weighted by Crippen LogP contribution is 2.32. The minimum atomic E-state index is -0.903. The molecule has 138 valence electrons. The number of carbonyl (C=O) groups is 2. The monoisotopic (exact) mass is 358 g/mol. The third kappa shape index (κ3) is 6.47. The van der Waals surface area contributed by atoms with Crippen molar-refractivity contribution in [2.24, 2.45) is 5.92 Å². The number of aromatic hydroxyl groups is 1. The van der Waals surface area contributed by atoms with Crippen molar-refractivity contribution >= 4 is 11.9 Å². The van der Waals surface area contributed by atoms with Crippen LogP contribution < -0.4 is 4.74 Å². The predicted octanol–water partition coefficient (Wildman–Crippen LogP) is 3.74. The molecule has 2 N–H and O–H groups in total. The molecule has 0 aromatic heterocycles. The van der Waals surface area contributed by atoms with Crippen LogP contribution in [0.15, 0.2) is 48.5 Å². The normalized spacial score (nSPS) is 12.5. The molecule has 1 aliphatic rings. The Hall–Kier alpha value is -3.02. The molecule has 6 heteroatoms. The first-order valence-electron chi connectivity index (χ1n) is 8.33. The van der Waals surface area contributed by atoms with E-state index in [1.807, 2.05) is 0 Å². The Labute approximate surface area is 152 Å². The number of hydrogen-bond acceptors (Lipinski definition) is 5. The zero-order valence-electron chi connectivity index (χ0n) is 14.6. The summed E-state index contributed by atoms with van der Waals surface area (Å²) < 4.78 is 9.95. The van der Waals surface area contributed by atoms with Gasteiger partial charge >= 0.3 is 11.9 Å². The second-order valence-corrected chi connectivity index (χ2v) is 5.95. The number of phenolic OH excluding ortho intramolecular Hbond substituents is 1. The molecule has 6 nitrogen and oxygen atoms in total. The summed E-state index contributed by atoms with van der Waals surface area (Å²) in [7, 11) is 1.31. The van der Waals surface area contributed by atoms with Crippen LogP contribution >= 0.6 is 0 Å². The Morgan fingerprint density at radius 2 is 1.58 bits per heavy atom. The summed E-state index contributed by atoms with van der Waals surface area (Å²) in [6.45, 7) is 0.733. The molecule has 2 aromatic carbocycles. The second kappa shape index (κ2) is 9.46. The van der Waals surface area contributed by atoms with Crippen molar-refractivity contribution < 1.29 is 29.3 Å². The van der Waals surface area contributed by atoms with E-state index in [0.29, 0.717) is 11.1 Å². The molecule has 0 bridgehead atoms. The molecule has 0 atom stereocenters. The molecular formula is C20H22O6. The van der Waals surface area contributed by atoms with Crippen LogP contribution in [-0.2, 0) is 4.74 Å². The summed E-state index contributed by atoms with van der Waals surface area (Å²) in [6.07, 6.45) is 3.78. The van der Waals surface area contributed by atoms with Gasteiger partial charge in [-0.1, -0.05) is 12.8 Å². The van der Waals surface area contributed by atoms with Gasteiger partial charge in [0.25, 0.3) is 0 Å². The number of carboxylic acid groups (broad SMARTS) is 1. The zero-order valence-corrected chi connectivity index (χ0v) is 14.6. The molecule has 0 radical (unpaired) electrons. The molecule has 1 aliphatic carbocycles. The van der Waals surface area contributed by atoms with Gasteiger partial charge in [0.15, 0.2) is 0 Å². The smallest absolute Gasteiger partial charge is 0.337 e. The van der Waals surface area contributed by atoms with Gasteiger partial charge in [0.2, 0.25) is 0 Å². The minimum Gasteiger partial charge on any atom is -0.508 e. The molecule has 0 amide bonds. The van der Waals surface area contributed by atoms with Crippen LogP contribution in [-0.4, -0.2) is 35.9 Å². The Bertz CT molecular complexity index is 717. The van der Waals surface area contributed by atoms with Gasteiger partial charge in [-0.3, -0.25) is 0 Å². The van der Waals surface area contributed by atoms with Gasteiger partial charge in [0, 0.05) is 0 Å². The molecule has 1 fully saturated rings. The average Bonchev–Trinajstić information content (AvgIpc) is 3.47. The van der Waals surface area contributed by atoms with Gasteiger partial charge in [-0.05, 0) is 60.9 Å². The van der Waals surface area contributed by atoms with Crippen LogP contribution in [0.25, 0.3) is 0 Å². The van der Waals surface area contributed by atoms with Crippen molar-refractivity contribution in [1.29, 1.82) is 0 Å². The standard InChI is InChI=1S/C12H14O3.C8H8O3/c13-12(14)10-3-5-11(6-4-10)15-8-7-9-1-2-9;1-11-8(10)6-2-4-7(9)5-3-6/h3-6,9H,1-2,7-8H2,(H,13,14);2-5,9H,1H3. The van der Waals surface area contributed by atoms with E-state index >= 15 is 0 Å². The average molecular weight is 358 g/mol. The van der Waals surface area contributed by atoms with Gasteiger partial charge in [-0.15, -0.1) is 0 Å². The molecule has 0 heterocycles. The van der Waals surface area contributed by atoms with Gasteiger partial charge in [-0.25, -0.2) is 9.59 Å². The molecule has 3 rings (SSSR count). The first kappa shape index (κ1) is 19.3. The largest absolute Gasteiger partial charge is 0.508 e. The lowest BCUT2D eigenvalue weighted by molar-refractivity contribution is 0.0599. The van der Waals surface area contributed by atoms with Crippen molar-refractivity contribution in [2.75, 3.05) is 13.7 Å². The van der Waals surface area contributed by atoms with E-state index in [4.69, 9.17) is 14.9 Å². The lowest BCUT2D eigenvalue weighted by atomic mass is 10.2. The molecule has 0 saturated heterocycles. The number of phenols is 1. The molecule has 26 heavy (non-hydrogen) atoms. The molecule has 2 aromatic rings. The number of benzene rings is 2. The third-order valence-corrected chi connectivity index (χ3v) is 3.88. The van der Waals surface area contributed by atoms with E-state index in [0.717, 1.165) is 24.7 Å². The number of rotatable bonds is 6. The van der Waals surface area contributed by atoms with E-state index < -0.39 is 11.9 Å². The van der Waals surface area contributed by atoms with Crippen molar-refractivity contribution in [3.8, 4) is 11.5 Å². The van der Waals surface area contributed by atoms with E-state index in [1.165, 1.54) is 44.2 Å². The highest BCUT2D eigenvalue weighted by atomic mass is 16.5. The quantitative estimate of drug-likeness (QED) is 0.764. The fourth-order valence-electron chi connectivity index (χ4n) is 2.16. The topological polar surface area (TPSA) is 93.1 Å². The first-order chi connectivity index (χ1) is 12.5. The zero-order chi connectivity index (χ0) is 18.9. The molecular weight excluding hydrogens is 336 g/mol. The molecule has 0 aliphatic heterocycles. The van der Waals surface area contributed by atoms with Gasteiger partial charge in [-0.2, -0.15) is 0 Å². The van der Waals surface area contributed by atoms with Gasteiger partial charge < -0.3 is 19.7 Å². The summed E-state index contributed by atoms with van der Waals surface area (Å²) in [6, 6.07) is 12.4. The number of carbonyl (C=O) groups excluding carboxylic acids is 1. The van der Waals surface area contributed by atoms with Gasteiger partial charge in [0.1, 0.15) is 11.5 Å². The summed E-state index contributed by atoms with van der Waals surface area (Å²) >= 11 is 0. The maximum atomic E-state index is 10.8. The Kier molecular flexibility index (Phi) is 7.02. The summed E-state index contributed by atoms with van der Waals surface area (Å²) in [5.74, 6) is 0.450. The van der Waals surface area contributed by atoms with Gasteiger partial charge in [0.05, 0.1) is 24.8 Å². The molecule has 1 saturated carbocycles. The van der Waals surface area contributed by atoms with E-state index in [-0.39, 0.29) is 5.75 Å². The highest BCUT2D eigenvalue weighted by Gasteiger charge is 2.20.